The van der Waals surface area contributed by atoms with Crippen molar-refractivity contribution in [1.82, 2.24) is 9.97 Å². The Bertz CT molecular complexity index is 1200. The van der Waals surface area contributed by atoms with Crippen LogP contribution in [-0.4, -0.2) is 22.5 Å². The fourth-order valence-corrected chi connectivity index (χ4v) is 4.30. The van der Waals surface area contributed by atoms with Crippen LogP contribution in [0.3, 0.4) is 0 Å². The summed E-state index contributed by atoms with van der Waals surface area (Å²) >= 11 is 7.30. The summed E-state index contributed by atoms with van der Waals surface area (Å²) in [7, 11) is 0. The SMILES string of the molecule is C#CCOc1ccc([C@@H]2CC(=O)Nc3nc(SCc4ccc(Cl)cc4)[nH]c(=O)c32)cc1. The summed E-state index contributed by atoms with van der Waals surface area (Å²) in [5.74, 6) is 3.37. The van der Waals surface area contributed by atoms with E-state index in [0.717, 1.165) is 11.1 Å². The molecule has 3 aromatic rings. The average Bonchev–Trinajstić information content (AvgIpc) is 2.77. The van der Waals surface area contributed by atoms with Gasteiger partial charge in [-0.3, -0.25) is 9.59 Å². The number of rotatable bonds is 6. The molecular formula is C23H18ClN3O3S. The number of thioether (sulfide) groups is 1. The molecule has 1 amide bonds. The number of terminal acetylenes is 1. The molecule has 156 valence electrons. The Hall–Kier alpha value is -3.21. The van der Waals surface area contributed by atoms with E-state index in [0.29, 0.717) is 33.1 Å². The van der Waals surface area contributed by atoms with Crippen LogP contribution in [0.2, 0.25) is 5.02 Å². The molecule has 0 radical (unpaired) electrons. The minimum absolute atomic E-state index is 0.166. The van der Waals surface area contributed by atoms with Crippen molar-refractivity contribution < 1.29 is 9.53 Å². The van der Waals surface area contributed by atoms with Crippen LogP contribution < -0.4 is 15.6 Å². The molecule has 0 aliphatic carbocycles. The van der Waals surface area contributed by atoms with E-state index in [2.05, 4.69) is 21.2 Å². The molecule has 8 heteroatoms. The van der Waals surface area contributed by atoms with Crippen molar-refractivity contribution in [3.63, 3.8) is 0 Å². The molecule has 1 atom stereocenters. The number of ether oxygens (including phenoxy) is 1. The van der Waals surface area contributed by atoms with E-state index < -0.39 is 5.92 Å². The number of carbonyl (C=O) groups excluding carboxylic acids is 1. The fraction of sp³-hybridized carbons (Fsp3) is 0.174. The summed E-state index contributed by atoms with van der Waals surface area (Å²) in [6, 6.07) is 14.7. The lowest BCUT2D eigenvalue weighted by Gasteiger charge is -2.24. The van der Waals surface area contributed by atoms with Crippen molar-refractivity contribution in [3.8, 4) is 18.1 Å². The van der Waals surface area contributed by atoms with Gasteiger partial charge in [0.25, 0.3) is 5.56 Å². The van der Waals surface area contributed by atoms with Gasteiger partial charge in [0.05, 0.1) is 5.56 Å². The van der Waals surface area contributed by atoms with Crippen molar-refractivity contribution in [2.75, 3.05) is 11.9 Å². The second kappa shape index (κ2) is 9.29. The summed E-state index contributed by atoms with van der Waals surface area (Å²) in [6.45, 7) is 0.175. The van der Waals surface area contributed by atoms with Crippen LogP contribution in [-0.2, 0) is 10.5 Å². The van der Waals surface area contributed by atoms with E-state index in [1.807, 2.05) is 36.4 Å². The first-order valence-electron chi connectivity index (χ1n) is 9.51. The van der Waals surface area contributed by atoms with Gasteiger partial charge in [-0.05, 0) is 35.4 Å². The molecule has 1 aliphatic heterocycles. The van der Waals surface area contributed by atoms with Crippen LogP contribution in [0.25, 0.3) is 0 Å². The van der Waals surface area contributed by atoms with Crippen molar-refractivity contribution in [1.29, 1.82) is 0 Å². The van der Waals surface area contributed by atoms with Crippen LogP contribution >= 0.6 is 23.4 Å². The zero-order valence-corrected chi connectivity index (χ0v) is 17.9. The Morgan fingerprint density at radius 1 is 1.16 bits per heavy atom. The maximum atomic E-state index is 12.9. The molecule has 2 heterocycles. The lowest BCUT2D eigenvalue weighted by atomic mass is 9.87. The predicted molar refractivity (Wildman–Crippen MR) is 122 cm³/mol. The molecule has 1 aliphatic rings. The highest BCUT2D eigenvalue weighted by molar-refractivity contribution is 7.98. The lowest BCUT2D eigenvalue weighted by Crippen LogP contribution is -2.31. The minimum Gasteiger partial charge on any atom is -0.481 e. The molecule has 0 saturated carbocycles. The van der Waals surface area contributed by atoms with Crippen molar-refractivity contribution in [3.05, 3.63) is 80.6 Å². The molecule has 4 rings (SSSR count). The zero-order chi connectivity index (χ0) is 21.8. The van der Waals surface area contributed by atoms with Crippen molar-refractivity contribution in [2.24, 2.45) is 0 Å². The van der Waals surface area contributed by atoms with Crippen LogP contribution in [0, 0.1) is 12.3 Å². The van der Waals surface area contributed by atoms with E-state index >= 15 is 0 Å². The number of H-pyrrole nitrogens is 1. The first kappa shape index (κ1) is 21.0. The molecule has 0 unspecified atom stereocenters. The van der Waals surface area contributed by atoms with Crippen molar-refractivity contribution in [2.45, 2.75) is 23.2 Å². The van der Waals surface area contributed by atoms with E-state index in [1.54, 1.807) is 12.1 Å². The number of benzene rings is 2. The van der Waals surface area contributed by atoms with Crippen molar-refractivity contribution >= 4 is 35.1 Å². The van der Waals surface area contributed by atoms with Crippen LogP contribution in [0.4, 0.5) is 5.82 Å². The molecule has 0 fully saturated rings. The fourth-order valence-electron chi connectivity index (χ4n) is 3.36. The van der Waals surface area contributed by atoms with E-state index in [1.165, 1.54) is 11.8 Å². The summed E-state index contributed by atoms with van der Waals surface area (Å²) in [4.78, 5) is 32.6. The molecule has 1 aromatic heterocycles. The number of anilines is 1. The monoisotopic (exact) mass is 451 g/mol. The van der Waals surface area contributed by atoms with Gasteiger partial charge in [-0.25, -0.2) is 4.98 Å². The Labute approximate surface area is 188 Å². The zero-order valence-electron chi connectivity index (χ0n) is 16.4. The smallest absolute Gasteiger partial charge is 0.257 e. The maximum absolute atomic E-state index is 12.9. The average molecular weight is 452 g/mol. The van der Waals surface area contributed by atoms with E-state index in [9.17, 15) is 9.59 Å². The van der Waals surface area contributed by atoms with Gasteiger partial charge in [-0.1, -0.05) is 53.5 Å². The number of nitrogens with one attached hydrogen (secondary N) is 2. The minimum atomic E-state index is -0.392. The van der Waals surface area contributed by atoms with Crippen LogP contribution in [0.1, 0.15) is 29.0 Å². The Kier molecular flexibility index (Phi) is 6.31. The molecule has 0 bridgehead atoms. The molecule has 2 aromatic carbocycles. The Balaban J connectivity index is 1.58. The number of fused-ring (bicyclic) bond motifs is 1. The largest absolute Gasteiger partial charge is 0.481 e. The lowest BCUT2D eigenvalue weighted by molar-refractivity contribution is -0.116. The van der Waals surface area contributed by atoms with Crippen LogP contribution in [0.5, 0.6) is 5.75 Å². The molecule has 0 saturated heterocycles. The second-order valence-electron chi connectivity index (χ2n) is 6.92. The molecular weight excluding hydrogens is 434 g/mol. The normalized spacial score (nSPS) is 15.0. The number of hydrogen-bond donors (Lipinski definition) is 2. The third-order valence-corrected chi connectivity index (χ3v) is 6.02. The summed E-state index contributed by atoms with van der Waals surface area (Å²) < 4.78 is 5.39. The van der Waals surface area contributed by atoms with Crippen LogP contribution in [0.15, 0.2) is 58.5 Å². The third kappa shape index (κ3) is 4.93. The van der Waals surface area contributed by atoms with Gasteiger partial charge in [0.1, 0.15) is 18.2 Å². The Morgan fingerprint density at radius 3 is 2.61 bits per heavy atom. The summed E-state index contributed by atoms with van der Waals surface area (Å²) in [5.41, 5.74) is 2.07. The molecule has 6 nitrogen and oxygen atoms in total. The second-order valence-corrected chi connectivity index (χ2v) is 8.32. The third-order valence-electron chi connectivity index (χ3n) is 4.82. The molecule has 31 heavy (non-hydrogen) atoms. The predicted octanol–water partition coefficient (Wildman–Crippen LogP) is 4.20. The highest BCUT2D eigenvalue weighted by atomic mass is 35.5. The first-order chi connectivity index (χ1) is 15.0. The number of aromatic amines is 1. The Morgan fingerprint density at radius 2 is 1.90 bits per heavy atom. The molecule has 2 N–H and O–H groups in total. The number of nitrogens with zero attached hydrogens (tertiary/aromatic N) is 1. The number of aromatic nitrogens is 2. The molecule has 0 spiro atoms. The van der Waals surface area contributed by atoms with Gasteiger partial charge in [-0.15, -0.1) is 6.42 Å². The highest BCUT2D eigenvalue weighted by Crippen LogP contribution is 2.35. The number of amides is 1. The van der Waals surface area contributed by atoms with Gasteiger partial charge in [-0.2, -0.15) is 0 Å². The van der Waals surface area contributed by atoms with Gasteiger partial charge >= 0.3 is 0 Å². The van der Waals surface area contributed by atoms with Gasteiger partial charge in [0, 0.05) is 23.1 Å². The first-order valence-corrected chi connectivity index (χ1v) is 10.9. The van der Waals surface area contributed by atoms with Gasteiger partial charge < -0.3 is 15.0 Å². The standard InChI is InChI=1S/C23H18ClN3O3S/c1-2-11-30-17-9-5-15(6-10-17)18-12-19(28)25-21-20(18)22(29)27-23(26-21)31-13-14-3-7-16(24)8-4-14/h1,3-10,18H,11-13H2,(H2,25,26,27,28,29)/t18-/m0/s1. The van der Waals surface area contributed by atoms with Gasteiger partial charge in [0.2, 0.25) is 5.91 Å². The topological polar surface area (TPSA) is 84.1 Å². The number of halogens is 1. The number of hydrogen-bond acceptors (Lipinski definition) is 5. The van der Waals surface area contributed by atoms with E-state index in [4.69, 9.17) is 22.8 Å². The summed E-state index contributed by atoms with van der Waals surface area (Å²) in [6.07, 6.45) is 5.38. The summed E-state index contributed by atoms with van der Waals surface area (Å²) in [5, 5.41) is 3.85. The maximum Gasteiger partial charge on any atom is 0.257 e. The van der Waals surface area contributed by atoms with E-state index in [-0.39, 0.29) is 24.5 Å². The quantitative estimate of drug-likeness (QED) is 0.333. The van der Waals surface area contributed by atoms with Gasteiger partial charge in [0.15, 0.2) is 5.16 Å². The highest BCUT2D eigenvalue weighted by Gasteiger charge is 2.31. The number of carbonyl (C=O) groups is 1.